The van der Waals surface area contributed by atoms with Gasteiger partial charge in [-0.25, -0.2) is 4.79 Å². The molecule has 0 heterocycles. The number of hydrogen-bond acceptors (Lipinski definition) is 3. The summed E-state index contributed by atoms with van der Waals surface area (Å²) in [5.74, 6) is 0.636. The summed E-state index contributed by atoms with van der Waals surface area (Å²) in [5.41, 5.74) is 5.76. The van der Waals surface area contributed by atoms with Crippen LogP contribution in [-0.2, 0) is 0 Å². The Kier molecular flexibility index (Phi) is 4.80. The van der Waals surface area contributed by atoms with Crippen molar-refractivity contribution in [2.45, 2.75) is 6.42 Å². The Morgan fingerprint density at radius 1 is 1.47 bits per heavy atom. The molecule has 0 aliphatic carbocycles. The molecule has 6 nitrogen and oxygen atoms in total. The van der Waals surface area contributed by atoms with Crippen molar-refractivity contribution in [2.24, 2.45) is 5.73 Å². The Labute approximate surface area is 99.7 Å². The van der Waals surface area contributed by atoms with Gasteiger partial charge in [0.25, 0.3) is 0 Å². The highest BCUT2D eigenvalue weighted by molar-refractivity contribution is 5.91. The molecule has 1 aromatic rings. The normalized spacial score (nSPS) is 9.47. The summed E-state index contributed by atoms with van der Waals surface area (Å²) in [5, 5.41) is 12.2. The van der Waals surface area contributed by atoms with Crippen LogP contribution >= 0.6 is 0 Å². The van der Waals surface area contributed by atoms with Crippen molar-refractivity contribution < 1.29 is 9.53 Å². The lowest BCUT2D eigenvalue weighted by molar-refractivity contribution is 0.252. The Hall–Kier alpha value is -2.24. The molecule has 1 aromatic carbocycles. The lowest BCUT2D eigenvalue weighted by atomic mass is 10.3. The van der Waals surface area contributed by atoms with Gasteiger partial charge in [-0.15, -0.1) is 0 Å². The van der Waals surface area contributed by atoms with Gasteiger partial charge >= 0.3 is 6.03 Å². The molecule has 0 unspecified atom stereocenters. The summed E-state index contributed by atoms with van der Waals surface area (Å²) in [7, 11) is 1.54. The minimum atomic E-state index is -0.351. The average Bonchev–Trinajstić information content (AvgIpc) is 2.29. The molecule has 0 bridgehead atoms. The van der Waals surface area contributed by atoms with Gasteiger partial charge in [0.15, 0.2) is 0 Å². The van der Waals surface area contributed by atoms with E-state index in [1.165, 1.54) is 7.11 Å². The maximum Gasteiger partial charge on any atom is 0.319 e. The van der Waals surface area contributed by atoms with Crippen LogP contribution in [0.25, 0.3) is 0 Å². The van der Waals surface area contributed by atoms with Crippen molar-refractivity contribution in [2.75, 3.05) is 19.0 Å². The van der Waals surface area contributed by atoms with E-state index in [1.807, 2.05) is 6.07 Å². The van der Waals surface area contributed by atoms with Gasteiger partial charge < -0.3 is 21.1 Å². The summed E-state index contributed by atoms with van der Waals surface area (Å²) < 4.78 is 5.09. The maximum atomic E-state index is 11.5. The third kappa shape index (κ3) is 4.42. The Morgan fingerprint density at radius 3 is 2.82 bits per heavy atom. The van der Waals surface area contributed by atoms with E-state index in [0.717, 1.165) is 0 Å². The van der Waals surface area contributed by atoms with Crippen LogP contribution in [0.2, 0.25) is 0 Å². The minimum absolute atomic E-state index is 0.0441. The number of urea groups is 1. The number of nitrogens with one attached hydrogen (secondary N) is 3. The molecule has 0 aliphatic rings. The largest absolute Gasteiger partial charge is 0.495 e. The van der Waals surface area contributed by atoms with E-state index in [2.05, 4.69) is 10.6 Å². The number of hydrogen-bond donors (Lipinski definition) is 4. The van der Waals surface area contributed by atoms with Crippen LogP contribution in [0.3, 0.4) is 0 Å². The molecular weight excluding hydrogens is 220 g/mol. The summed E-state index contributed by atoms with van der Waals surface area (Å²) >= 11 is 0. The van der Waals surface area contributed by atoms with E-state index in [1.54, 1.807) is 18.2 Å². The van der Waals surface area contributed by atoms with Gasteiger partial charge in [0, 0.05) is 13.0 Å². The molecular formula is C11H16N4O2. The first-order chi connectivity index (χ1) is 8.13. The molecule has 0 spiro atoms. The number of anilines is 1. The van der Waals surface area contributed by atoms with Gasteiger partial charge in [0.05, 0.1) is 18.6 Å². The van der Waals surface area contributed by atoms with Crippen LogP contribution in [0.4, 0.5) is 10.5 Å². The fourth-order valence-electron chi connectivity index (χ4n) is 1.23. The zero-order chi connectivity index (χ0) is 12.7. The molecule has 0 radical (unpaired) electrons. The molecule has 0 atom stereocenters. The molecule has 17 heavy (non-hydrogen) atoms. The van der Waals surface area contributed by atoms with E-state index in [-0.39, 0.29) is 11.9 Å². The first-order valence-corrected chi connectivity index (χ1v) is 5.14. The van der Waals surface area contributed by atoms with E-state index >= 15 is 0 Å². The van der Waals surface area contributed by atoms with Crippen LogP contribution in [0.1, 0.15) is 6.42 Å². The first-order valence-electron chi connectivity index (χ1n) is 5.14. The van der Waals surface area contributed by atoms with Crippen molar-refractivity contribution in [3.8, 4) is 5.75 Å². The summed E-state index contributed by atoms with van der Waals surface area (Å²) in [6, 6.07) is 6.76. The third-order valence-electron chi connectivity index (χ3n) is 2.04. The van der Waals surface area contributed by atoms with Gasteiger partial charge in [-0.1, -0.05) is 12.1 Å². The van der Waals surface area contributed by atoms with Crippen LogP contribution < -0.4 is 21.1 Å². The molecule has 92 valence electrons. The van der Waals surface area contributed by atoms with E-state index in [9.17, 15) is 4.79 Å². The minimum Gasteiger partial charge on any atom is -0.495 e. The van der Waals surface area contributed by atoms with E-state index < -0.39 is 0 Å². The maximum absolute atomic E-state index is 11.5. The second kappa shape index (κ2) is 6.37. The van der Waals surface area contributed by atoms with Crippen LogP contribution in [-0.4, -0.2) is 25.5 Å². The van der Waals surface area contributed by atoms with Crippen molar-refractivity contribution in [3.63, 3.8) is 0 Å². The first kappa shape index (κ1) is 12.8. The van der Waals surface area contributed by atoms with Gasteiger partial charge in [-0.3, -0.25) is 5.41 Å². The van der Waals surface area contributed by atoms with Gasteiger partial charge in [0.2, 0.25) is 0 Å². The highest BCUT2D eigenvalue weighted by Gasteiger charge is 2.05. The van der Waals surface area contributed by atoms with Crippen molar-refractivity contribution in [3.05, 3.63) is 24.3 Å². The van der Waals surface area contributed by atoms with E-state index in [0.29, 0.717) is 24.4 Å². The van der Waals surface area contributed by atoms with Gasteiger partial charge in [-0.05, 0) is 12.1 Å². The zero-order valence-electron chi connectivity index (χ0n) is 9.62. The van der Waals surface area contributed by atoms with E-state index in [4.69, 9.17) is 15.9 Å². The topological polar surface area (TPSA) is 100 Å². The number of para-hydroxylation sites is 2. The Morgan fingerprint density at radius 2 is 2.18 bits per heavy atom. The van der Waals surface area contributed by atoms with Crippen LogP contribution in [0.15, 0.2) is 24.3 Å². The smallest absolute Gasteiger partial charge is 0.319 e. The standard InChI is InChI=1S/C11H16N4O2/c1-17-9-5-3-2-4-8(9)15-11(16)14-7-6-10(12)13/h2-5H,6-7H2,1H3,(H3,12,13)(H2,14,15,16). The van der Waals surface area contributed by atoms with Gasteiger partial charge in [-0.2, -0.15) is 0 Å². The van der Waals surface area contributed by atoms with Crippen LogP contribution in [0, 0.1) is 5.41 Å². The highest BCUT2D eigenvalue weighted by Crippen LogP contribution is 2.22. The molecule has 0 saturated carbocycles. The Bertz CT molecular complexity index is 406. The lowest BCUT2D eigenvalue weighted by Crippen LogP contribution is -2.31. The lowest BCUT2D eigenvalue weighted by Gasteiger charge is -2.10. The van der Waals surface area contributed by atoms with Gasteiger partial charge in [0.1, 0.15) is 5.75 Å². The second-order valence-electron chi connectivity index (χ2n) is 3.36. The number of amides is 2. The Balaban J connectivity index is 2.47. The number of methoxy groups -OCH3 is 1. The molecule has 5 N–H and O–H groups in total. The number of benzene rings is 1. The monoisotopic (exact) mass is 236 g/mol. The number of ether oxygens (including phenoxy) is 1. The predicted octanol–water partition coefficient (Wildman–Crippen LogP) is 1.14. The summed E-state index contributed by atoms with van der Waals surface area (Å²) in [6.45, 7) is 0.330. The number of carbonyl (C=O) groups excluding carboxylic acids is 1. The average molecular weight is 236 g/mol. The number of carbonyl (C=O) groups is 1. The number of amidine groups is 1. The number of nitrogens with two attached hydrogens (primary N) is 1. The zero-order valence-corrected chi connectivity index (χ0v) is 9.62. The predicted molar refractivity (Wildman–Crippen MR) is 66.5 cm³/mol. The van der Waals surface area contributed by atoms with Crippen molar-refractivity contribution >= 4 is 17.6 Å². The molecule has 1 rings (SSSR count). The summed E-state index contributed by atoms with van der Waals surface area (Å²) in [6.07, 6.45) is 0.333. The van der Waals surface area contributed by atoms with Crippen molar-refractivity contribution in [1.82, 2.24) is 5.32 Å². The second-order valence-corrected chi connectivity index (χ2v) is 3.36. The van der Waals surface area contributed by atoms with Crippen molar-refractivity contribution in [1.29, 1.82) is 5.41 Å². The quantitative estimate of drug-likeness (QED) is 0.455. The molecule has 0 aromatic heterocycles. The third-order valence-corrected chi connectivity index (χ3v) is 2.04. The number of rotatable bonds is 5. The molecule has 2 amide bonds. The molecule has 0 fully saturated rings. The fraction of sp³-hybridized carbons (Fsp3) is 0.273. The SMILES string of the molecule is COc1ccccc1NC(=O)NCCC(=N)N. The molecule has 0 aliphatic heterocycles. The summed E-state index contributed by atoms with van der Waals surface area (Å²) in [4.78, 5) is 11.5. The molecule has 0 saturated heterocycles. The fourth-order valence-corrected chi connectivity index (χ4v) is 1.23. The van der Waals surface area contributed by atoms with Crippen LogP contribution in [0.5, 0.6) is 5.75 Å². The highest BCUT2D eigenvalue weighted by atomic mass is 16.5. The molecule has 6 heteroatoms.